The van der Waals surface area contributed by atoms with Crippen LogP contribution in [0.2, 0.25) is 0 Å². The number of ether oxygens (including phenoxy) is 3. The molecule has 2 aliphatic rings. The molecular formula is C24H22N4O4S. The summed E-state index contributed by atoms with van der Waals surface area (Å²) >= 11 is 1.58. The molecule has 0 bridgehead atoms. The molecule has 168 valence electrons. The third kappa shape index (κ3) is 4.09. The minimum Gasteiger partial charge on any atom is -0.495 e. The van der Waals surface area contributed by atoms with Crippen molar-refractivity contribution in [2.45, 2.75) is 26.2 Å². The van der Waals surface area contributed by atoms with Crippen LogP contribution < -0.4 is 4.74 Å². The Kier molecular flexibility index (Phi) is 5.81. The van der Waals surface area contributed by atoms with Crippen LogP contribution in [0.25, 0.3) is 10.7 Å². The summed E-state index contributed by atoms with van der Waals surface area (Å²) in [6, 6.07) is 7.66. The van der Waals surface area contributed by atoms with Crippen molar-refractivity contribution in [3.05, 3.63) is 63.3 Å². The fraction of sp³-hybridized carbons (Fsp3) is 0.333. The summed E-state index contributed by atoms with van der Waals surface area (Å²) in [6.07, 6.45) is 3.33. The first-order valence-electron chi connectivity index (χ1n) is 10.6. The van der Waals surface area contributed by atoms with Gasteiger partial charge in [-0.2, -0.15) is 5.26 Å². The third-order valence-corrected chi connectivity index (χ3v) is 7.07. The number of morpholine rings is 1. The molecule has 1 fully saturated rings. The normalized spacial score (nSPS) is 18.0. The molecule has 0 spiro atoms. The Morgan fingerprint density at radius 3 is 3.03 bits per heavy atom. The summed E-state index contributed by atoms with van der Waals surface area (Å²) in [7, 11) is 1.54. The number of esters is 1. The monoisotopic (exact) mass is 462 g/mol. The van der Waals surface area contributed by atoms with Crippen LogP contribution in [0, 0.1) is 18.3 Å². The van der Waals surface area contributed by atoms with Crippen molar-refractivity contribution >= 4 is 17.3 Å². The number of thiazole rings is 1. The zero-order valence-electron chi connectivity index (χ0n) is 18.3. The summed E-state index contributed by atoms with van der Waals surface area (Å²) in [4.78, 5) is 24.2. The molecule has 8 nitrogen and oxygen atoms in total. The van der Waals surface area contributed by atoms with E-state index in [0.29, 0.717) is 35.8 Å². The second kappa shape index (κ2) is 8.90. The van der Waals surface area contributed by atoms with E-state index in [2.05, 4.69) is 20.9 Å². The van der Waals surface area contributed by atoms with Crippen molar-refractivity contribution in [3.63, 3.8) is 0 Å². The van der Waals surface area contributed by atoms with E-state index in [0.717, 1.165) is 46.2 Å². The Morgan fingerprint density at radius 2 is 2.21 bits per heavy atom. The van der Waals surface area contributed by atoms with E-state index in [4.69, 9.17) is 19.5 Å². The van der Waals surface area contributed by atoms with E-state index in [9.17, 15) is 4.79 Å². The lowest BCUT2D eigenvalue weighted by Crippen LogP contribution is -2.37. The number of rotatable bonds is 5. The highest BCUT2D eigenvalue weighted by atomic mass is 32.1. The number of carbonyl (C=O) groups is 1. The second-order valence-corrected chi connectivity index (χ2v) is 9.11. The number of benzene rings is 1. The van der Waals surface area contributed by atoms with Gasteiger partial charge in [0.05, 0.1) is 25.4 Å². The van der Waals surface area contributed by atoms with Crippen molar-refractivity contribution in [2.75, 3.05) is 26.8 Å². The Bertz CT molecular complexity index is 1270. The van der Waals surface area contributed by atoms with Crippen LogP contribution in [-0.2, 0) is 22.6 Å². The molecule has 2 aliphatic heterocycles. The molecule has 9 heteroatoms. The van der Waals surface area contributed by atoms with Gasteiger partial charge in [-0.25, -0.2) is 9.78 Å². The Labute approximate surface area is 195 Å². The van der Waals surface area contributed by atoms with Crippen molar-refractivity contribution in [1.82, 2.24) is 14.9 Å². The number of hydrogen-bond acceptors (Lipinski definition) is 9. The molecule has 0 aliphatic carbocycles. The fourth-order valence-corrected chi connectivity index (χ4v) is 5.20. The predicted octanol–water partition coefficient (Wildman–Crippen LogP) is 3.64. The van der Waals surface area contributed by atoms with Gasteiger partial charge in [0.25, 0.3) is 0 Å². The fourth-order valence-electron chi connectivity index (χ4n) is 4.28. The molecular weight excluding hydrogens is 440 g/mol. The van der Waals surface area contributed by atoms with Crippen molar-refractivity contribution in [1.29, 1.82) is 5.26 Å². The molecule has 1 unspecified atom stereocenters. The lowest BCUT2D eigenvalue weighted by atomic mass is 9.94. The van der Waals surface area contributed by atoms with Gasteiger partial charge in [-0.3, -0.25) is 9.88 Å². The number of cyclic esters (lactones) is 1. The summed E-state index contributed by atoms with van der Waals surface area (Å²) in [6.45, 7) is 5.35. The molecule has 2 aromatic heterocycles. The first-order valence-corrected chi connectivity index (χ1v) is 11.4. The van der Waals surface area contributed by atoms with Crippen molar-refractivity contribution < 1.29 is 19.0 Å². The number of nitrogens with zero attached hydrogens (tertiary/aromatic N) is 4. The molecule has 3 aromatic rings. The molecule has 33 heavy (non-hydrogen) atoms. The lowest BCUT2D eigenvalue weighted by molar-refractivity contribution is -0.0329. The topological polar surface area (TPSA) is 97.6 Å². The summed E-state index contributed by atoms with van der Waals surface area (Å²) in [5, 5.41) is 9.94. The van der Waals surface area contributed by atoms with E-state index in [-0.39, 0.29) is 12.1 Å². The largest absolute Gasteiger partial charge is 0.495 e. The Balaban J connectivity index is 1.30. The maximum absolute atomic E-state index is 11.8. The van der Waals surface area contributed by atoms with Crippen molar-refractivity contribution in [3.8, 4) is 22.5 Å². The van der Waals surface area contributed by atoms with Gasteiger partial charge >= 0.3 is 5.97 Å². The smallest absolute Gasteiger partial charge is 0.338 e. The highest BCUT2D eigenvalue weighted by Gasteiger charge is 2.29. The van der Waals surface area contributed by atoms with Gasteiger partial charge in [-0.15, -0.1) is 11.3 Å². The number of aromatic nitrogens is 2. The zero-order valence-corrected chi connectivity index (χ0v) is 19.1. The highest BCUT2D eigenvalue weighted by molar-refractivity contribution is 7.15. The predicted molar refractivity (Wildman–Crippen MR) is 121 cm³/mol. The highest BCUT2D eigenvalue weighted by Crippen LogP contribution is 2.33. The number of pyridine rings is 1. The number of methoxy groups -OCH3 is 1. The van der Waals surface area contributed by atoms with Gasteiger partial charge in [0, 0.05) is 48.5 Å². The molecule has 5 rings (SSSR count). The van der Waals surface area contributed by atoms with Crippen LogP contribution in [0.5, 0.6) is 5.75 Å². The van der Waals surface area contributed by atoms with Gasteiger partial charge < -0.3 is 14.2 Å². The summed E-state index contributed by atoms with van der Waals surface area (Å²) in [5.41, 5.74) is 4.90. The standard InChI is InChI=1S/C24H22N4O4S/c1-14-17(3-4-18-19(14)13-32-24(18)29)22-12-28(5-6-31-22)11-16-10-27-23(33-16)20-7-21(30-2)15(8-25)9-26-20/h3-4,7,9-10,22H,5-6,11-13H2,1-2H3. The minimum atomic E-state index is -0.249. The van der Waals surface area contributed by atoms with E-state index in [1.54, 1.807) is 17.4 Å². The second-order valence-electron chi connectivity index (χ2n) is 7.99. The van der Waals surface area contributed by atoms with Gasteiger partial charge in [-0.05, 0) is 24.1 Å². The first-order chi connectivity index (χ1) is 16.1. The third-order valence-electron chi connectivity index (χ3n) is 6.06. The van der Waals surface area contributed by atoms with Gasteiger partial charge in [-0.1, -0.05) is 6.07 Å². The number of fused-ring (bicyclic) bond motifs is 1. The zero-order chi connectivity index (χ0) is 22.9. The van der Waals surface area contributed by atoms with E-state index in [1.807, 2.05) is 25.3 Å². The number of hydrogen-bond donors (Lipinski definition) is 0. The Morgan fingerprint density at radius 1 is 1.33 bits per heavy atom. The van der Waals surface area contributed by atoms with Crippen LogP contribution in [0.1, 0.15) is 43.6 Å². The van der Waals surface area contributed by atoms with Gasteiger partial charge in [0.15, 0.2) is 0 Å². The SMILES string of the molecule is COc1cc(-c2ncc(CN3CCOC(c4ccc5c(c4C)COC5=O)C3)s2)ncc1C#N. The minimum absolute atomic E-state index is 0.0587. The maximum Gasteiger partial charge on any atom is 0.338 e. The van der Waals surface area contributed by atoms with Crippen LogP contribution >= 0.6 is 11.3 Å². The first kappa shape index (κ1) is 21.5. The molecule has 0 amide bonds. The average Bonchev–Trinajstić information content (AvgIpc) is 3.46. The van der Waals surface area contributed by atoms with Gasteiger partial charge in [0.2, 0.25) is 0 Å². The van der Waals surface area contributed by atoms with Crippen LogP contribution in [0.15, 0.2) is 30.6 Å². The summed E-state index contributed by atoms with van der Waals surface area (Å²) < 4.78 is 16.6. The van der Waals surface area contributed by atoms with E-state index < -0.39 is 0 Å². The molecule has 1 aromatic carbocycles. The molecule has 4 heterocycles. The van der Waals surface area contributed by atoms with Crippen LogP contribution in [0.4, 0.5) is 0 Å². The number of carbonyl (C=O) groups excluding carboxylic acids is 1. The van der Waals surface area contributed by atoms with Crippen LogP contribution in [0.3, 0.4) is 0 Å². The summed E-state index contributed by atoms with van der Waals surface area (Å²) in [5.74, 6) is 0.244. The quantitative estimate of drug-likeness (QED) is 0.530. The average molecular weight is 463 g/mol. The van der Waals surface area contributed by atoms with E-state index >= 15 is 0 Å². The molecule has 0 saturated carbocycles. The Hall–Kier alpha value is -3.32. The van der Waals surface area contributed by atoms with Crippen LogP contribution in [-0.4, -0.2) is 47.6 Å². The van der Waals surface area contributed by atoms with Crippen molar-refractivity contribution in [2.24, 2.45) is 0 Å². The molecule has 1 atom stereocenters. The maximum atomic E-state index is 11.8. The number of nitriles is 1. The molecule has 0 N–H and O–H groups in total. The van der Waals surface area contributed by atoms with Gasteiger partial charge in [0.1, 0.15) is 34.7 Å². The van der Waals surface area contributed by atoms with E-state index in [1.165, 1.54) is 13.3 Å². The molecule has 0 radical (unpaired) electrons. The lowest BCUT2D eigenvalue weighted by Gasteiger charge is -2.33. The molecule has 1 saturated heterocycles.